The lowest BCUT2D eigenvalue weighted by Gasteiger charge is -2.23. The fourth-order valence-corrected chi connectivity index (χ4v) is 2.20. The lowest BCUT2D eigenvalue weighted by atomic mass is 10.0. The molecule has 104 valence electrons. The van der Waals surface area contributed by atoms with Crippen molar-refractivity contribution in [2.75, 3.05) is 37.0 Å². The van der Waals surface area contributed by atoms with E-state index in [-0.39, 0.29) is 5.91 Å². The summed E-state index contributed by atoms with van der Waals surface area (Å²) in [4.78, 5) is 12.9. The van der Waals surface area contributed by atoms with Crippen LogP contribution in [0.4, 0.5) is 11.4 Å². The molecule has 1 aromatic rings. The number of amides is 1. The van der Waals surface area contributed by atoms with Gasteiger partial charge in [0, 0.05) is 45.1 Å². The van der Waals surface area contributed by atoms with Gasteiger partial charge in [-0.05, 0) is 43.0 Å². The summed E-state index contributed by atoms with van der Waals surface area (Å²) in [6.45, 7) is 4.33. The molecule has 1 saturated heterocycles. The van der Waals surface area contributed by atoms with Crippen LogP contribution in [0, 0.1) is 5.92 Å². The maximum absolute atomic E-state index is 11.3. The van der Waals surface area contributed by atoms with Crippen molar-refractivity contribution in [3.05, 3.63) is 24.3 Å². The second kappa shape index (κ2) is 6.57. The Morgan fingerprint density at radius 3 is 2.53 bits per heavy atom. The second-order valence-electron chi connectivity index (χ2n) is 5.06. The Labute approximate surface area is 114 Å². The molecular formula is C15H22N2O2. The molecule has 4 heteroatoms. The highest BCUT2D eigenvalue weighted by atomic mass is 16.5. The highest BCUT2D eigenvalue weighted by Crippen LogP contribution is 2.19. The number of anilines is 2. The maximum Gasteiger partial charge on any atom is 0.223 e. The van der Waals surface area contributed by atoms with Crippen molar-refractivity contribution in [1.82, 2.24) is 0 Å². The summed E-state index contributed by atoms with van der Waals surface area (Å²) in [5.41, 5.74) is 2.02. The molecule has 0 aliphatic carbocycles. The number of ether oxygens (including phenoxy) is 1. The monoisotopic (exact) mass is 262 g/mol. The van der Waals surface area contributed by atoms with Crippen molar-refractivity contribution in [3.8, 4) is 0 Å². The van der Waals surface area contributed by atoms with Gasteiger partial charge in [0.25, 0.3) is 0 Å². The molecule has 1 fully saturated rings. The zero-order valence-electron chi connectivity index (χ0n) is 11.7. The van der Waals surface area contributed by atoms with Gasteiger partial charge in [0.2, 0.25) is 5.91 Å². The molecule has 0 unspecified atom stereocenters. The summed E-state index contributed by atoms with van der Waals surface area (Å²) in [6, 6.07) is 7.98. The van der Waals surface area contributed by atoms with Crippen LogP contribution in [-0.2, 0) is 9.53 Å². The van der Waals surface area contributed by atoms with Crippen LogP contribution in [0.1, 0.15) is 19.8 Å². The van der Waals surface area contributed by atoms with Crippen LogP contribution in [0.25, 0.3) is 0 Å². The van der Waals surface area contributed by atoms with Crippen molar-refractivity contribution in [3.63, 3.8) is 0 Å². The third-order valence-electron chi connectivity index (χ3n) is 3.66. The predicted molar refractivity (Wildman–Crippen MR) is 77.6 cm³/mol. The van der Waals surface area contributed by atoms with Gasteiger partial charge >= 0.3 is 0 Å². The SMILES string of the molecule is CC(=O)N(C)c1ccc(NCC2CCOCC2)cc1. The van der Waals surface area contributed by atoms with Crippen molar-refractivity contribution in [2.24, 2.45) is 5.92 Å². The number of hydrogen-bond acceptors (Lipinski definition) is 3. The molecule has 1 heterocycles. The molecule has 1 aliphatic rings. The van der Waals surface area contributed by atoms with Gasteiger partial charge in [-0.3, -0.25) is 4.79 Å². The van der Waals surface area contributed by atoms with E-state index in [0.29, 0.717) is 5.92 Å². The van der Waals surface area contributed by atoms with Crippen LogP contribution < -0.4 is 10.2 Å². The van der Waals surface area contributed by atoms with E-state index in [1.807, 2.05) is 24.3 Å². The second-order valence-corrected chi connectivity index (χ2v) is 5.06. The van der Waals surface area contributed by atoms with Crippen LogP contribution in [0.3, 0.4) is 0 Å². The first kappa shape index (κ1) is 13.9. The number of rotatable bonds is 4. The molecule has 0 spiro atoms. The maximum atomic E-state index is 11.3. The molecule has 19 heavy (non-hydrogen) atoms. The average molecular weight is 262 g/mol. The molecule has 1 aliphatic heterocycles. The fraction of sp³-hybridized carbons (Fsp3) is 0.533. The molecule has 1 aromatic carbocycles. The summed E-state index contributed by atoms with van der Waals surface area (Å²) in [5, 5.41) is 3.45. The number of carbonyl (C=O) groups excluding carboxylic acids is 1. The summed E-state index contributed by atoms with van der Waals surface area (Å²) in [7, 11) is 1.78. The topological polar surface area (TPSA) is 41.6 Å². The van der Waals surface area contributed by atoms with E-state index >= 15 is 0 Å². The molecule has 0 radical (unpaired) electrons. The number of hydrogen-bond donors (Lipinski definition) is 1. The summed E-state index contributed by atoms with van der Waals surface area (Å²) >= 11 is 0. The standard InChI is InChI=1S/C15H22N2O2/c1-12(18)17(2)15-5-3-14(4-6-15)16-11-13-7-9-19-10-8-13/h3-6,13,16H,7-11H2,1-2H3. The minimum absolute atomic E-state index is 0.0444. The molecule has 0 bridgehead atoms. The molecule has 1 N–H and O–H groups in total. The fourth-order valence-electron chi connectivity index (χ4n) is 2.20. The van der Waals surface area contributed by atoms with Crippen molar-refractivity contribution in [1.29, 1.82) is 0 Å². The first-order chi connectivity index (χ1) is 9.16. The van der Waals surface area contributed by atoms with E-state index in [2.05, 4.69) is 5.32 Å². The minimum atomic E-state index is 0.0444. The van der Waals surface area contributed by atoms with Crippen LogP contribution in [0.15, 0.2) is 24.3 Å². The minimum Gasteiger partial charge on any atom is -0.385 e. The molecule has 1 amide bonds. The highest BCUT2D eigenvalue weighted by Gasteiger charge is 2.13. The lowest BCUT2D eigenvalue weighted by molar-refractivity contribution is -0.116. The van der Waals surface area contributed by atoms with E-state index in [0.717, 1.165) is 44.0 Å². The van der Waals surface area contributed by atoms with Gasteiger partial charge in [-0.25, -0.2) is 0 Å². The summed E-state index contributed by atoms with van der Waals surface area (Å²) < 4.78 is 5.35. The third-order valence-corrected chi connectivity index (χ3v) is 3.66. The van der Waals surface area contributed by atoms with E-state index in [1.165, 1.54) is 0 Å². The van der Waals surface area contributed by atoms with E-state index in [9.17, 15) is 4.79 Å². The van der Waals surface area contributed by atoms with Gasteiger partial charge in [0.05, 0.1) is 0 Å². The molecule has 0 aromatic heterocycles. The molecule has 0 saturated carbocycles. The van der Waals surface area contributed by atoms with Crippen molar-refractivity contribution in [2.45, 2.75) is 19.8 Å². The Balaban J connectivity index is 1.86. The van der Waals surface area contributed by atoms with Crippen LogP contribution in [0.5, 0.6) is 0 Å². The normalized spacial score (nSPS) is 16.1. The molecule has 4 nitrogen and oxygen atoms in total. The Bertz CT molecular complexity index is 411. The quantitative estimate of drug-likeness (QED) is 0.906. The van der Waals surface area contributed by atoms with Crippen molar-refractivity contribution >= 4 is 17.3 Å². The largest absolute Gasteiger partial charge is 0.385 e. The first-order valence-electron chi connectivity index (χ1n) is 6.83. The third kappa shape index (κ3) is 3.96. The van der Waals surface area contributed by atoms with Crippen molar-refractivity contribution < 1.29 is 9.53 Å². The van der Waals surface area contributed by atoms with E-state index in [1.54, 1.807) is 18.9 Å². The molecular weight excluding hydrogens is 240 g/mol. The molecule has 2 rings (SSSR count). The zero-order valence-corrected chi connectivity index (χ0v) is 11.7. The Morgan fingerprint density at radius 1 is 1.32 bits per heavy atom. The van der Waals surface area contributed by atoms with Crippen LogP contribution >= 0.6 is 0 Å². The molecule has 0 atom stereocenters. The number of nitrogens with one attached hydrogen (secondary N) is 1. The number of nitrogens with zero attached hydrogens (tertiary/aromatic N) is 1. The van der Waals surface area contributed by atoms with Crippen LogP contribution in [0.2, 0.25) is 0 Å². The van der Waals surface area contributed by atoms with Gasteiger partial charge in [-0.15, -0.1) is 0 Å². The average Bonchev–Trinajstić information content (AvgIpc) is 2.46. The summed E-state index contributed by atoms with van der Waals surface area (Å²) in [5.74, 6) is 0.747. The number of carbonyl (C=O) groups is 1. The van der Waals surface area contributed by atoms with Gasteiger partial charge in [-0.1, -0.05) is 0 Å². The smallest absolute Gasteiger partial charge is 0.223 e. The lowest BCUT2D eigenvalue weighted by Crippen LogP contribution is -2.23. The Kier molecular flexibility index (Phi) is 4.80. The van der Waals surface area contributed by atoms with Gasteiger partial charge < -0.3 is 15.0 Å². The van der Waals surface area contributed by atoms with Crippen LogP contribution in [-0.4, -0.2) is 32.7 Å². The van der Waals surface area contributed by atoms with E-state index < -0.39 is 0 Å². The van der Waals surface area contributed by atoms with Gasteiger partial charge in [-0.2, -0.15) is 0 Å². The van der Waals surface area contributed by atoms with Gasteiger partial charge in [0.1, 0.15) is 0 Å². The predicted octanol–water partition coefficient (Wildman–Crippen LogP) is 2.51. The zero-order chi connectivity index (χ0) is 13.7. The highest BCUT2D eigenvalue weighted by molar-refractivity contribution is 5.90. The van der Waals surface area contributed by atoms with E-state index in [4.69, 9.17) is 4.74 Å². The summed E-state index contributed by atoms with van der Waals surface area (Å²) in [6.07, 6.45) is 2.27. The Hall–Kier alpha value is -1.55. The number of benzene rings is 1. The first-order valence-corrected chi connectivity index (χ1v) is 6.83. The Morgan fingerprint density at radius 2 is 1.95 bits per heavy atom. The van der Waals surface area contributed by atoms with Gasteiger partial charge in [0.15, 0.2) is 0 Å².